The van der Waals surface area contributed by atoms with Crippen LogP contribution in [0, 0.1) is 0 Å². The highest BCUT2D eigenvalue weighted by Crippen LogP contribution is 2.38. The van der Waals surface area contributed by atoms with Gasteiger partial charge < -0.3 is 5.32 Å². The van der Waals surface area contributed by atoms with Crippen LogP contribution in [0.15, 0.2) is 53.4 Å². The molecule has 0 saturated heterocycles. The van der Waals surface area contributed by atoms with E-state index < -0.39 is 15.4 Å². The molecule has 0 unspecified atom stereocenters. The summed E-state index contributed by atoms with van der Waals surface area (Å²) in [4.78, 5) is 12.1. The third kappa shape index (κ3) is 2.35. The van der Waals surface area contributed by atoms with Gasteiger partial charge in [-0.2, -0.15) is 0 Å². The average molecular weight is 316 g/mol. The van der Waals surface area contributed by atoms with Gasteiger partial charge in [0, 0.05) is 11.4 Å². The second-order valence-corrected chi connectivity index (χ2v) is 7.44. The van der Waals surface area contributed by atoms with E-state index in [9.17, 15) is 13.2 Å². The molecule has 2 aromatic carbocycles. The fourth-order valence-corrected chi connectivity index (χ4v) is 3.52. The molecule has 6 heteroatoms. The smallest absolute Gasteiger partial charge is 0.261 e. The summed E-state index contributed by atoms with van der Waals surface area (Å²) in [6, 6.07) is 13.2. The van der Waals surface area contributed by atoms with Crippen molar-refractivity contribution in [3.63, 3.8) is 0 Å². The monoisotopic (exact) mass is 316 g/mol. The fourth-order valence-electron chi connectivity index (χ4n) is 2.45. The summed E-state index contributed by atoms with van der Waals surface area (Å²) < 4.78 is 27.2. The molecule has 0 atom stereocenters. The molecule has 0 aliphatic carbocycles. The van der Waals surface area contributed by atoms with E-state index in [0.717, 1.165) is 11.3 Å². The van der Waals surface area contributed by atoms with Crippen LogP contribution in [0.25, 0.3) is 0 Å². The van der Waals surface area contributed by atoms with Gasteiger partial charge in [0.25, 0.3) is 10.0 Å². The molecule has 1 aliphatic rings. The van der Waals surface area contributed by atoms with Crippen molar-refractivity contribution in [2.45, 2.75) is 24.2 Å². The molecular formula is C16H16N2O3S. The fraction of sp³-hybridized carbons (Fsp3) is 0.188. The van der Waals surface area contributed by atoms with Crippen molar-refractivity contribution in [3.8, 4) is 0 Å². The molecular weight excluding hydrogens is 300 g/mol. The molecule has 3 rings (SSSR count). The Morgan fingerprint density at radius 2 is 1.73 bits per heavy atom. The van der Waals surface area contributed by atoms with E-state index >= 15 is 0 Å². The molecule has 0 spiro atoms. The number of nitrogens with one attached hydrogen (secondary N) is 2. The van der Waals surface area contributed by atoms with E-state index in [1.54, 1.807) is 36.4 Å². The van der Waals surface area contributed by atoms with Gasteiger partial charge in [-0.05, 0) is 49.7 Å². The van der Waals surface area contributed by atoms with Gasteiger partial charge in [-0.25, -0.2) is 8.42 Å². The van der Waals surface area contributed by atoms with Crippen LogP contribution in [-0.4, -0.2) is 14.3 Å². The van der Waals surface area contributed by atoms with Crippen molar-refractivity contribution in [2.24, 2.45) is 0 Å². The van der Waals surface area contributed by atoms with Crippen LogP contribution in [0.1, 0.15) is 19.4 Å². The molecule has 0 radical (unpaired) electrons. The van der Waals surface area contributed by atoms with E-state index in [4.69, 9.17) is 0 Å². The van der Waals surface area contributed by atoms with Crippen molar-refractivity contribution >= 4 is 27.3 Å². The van der Waals surface area contributed by atoms with Crippen molar-refractivity contribution < 1.29 is 13.2 Å². The normalized spacial score (nSPS) is 16.0. The lowest BCUT2D eigenvalue weighted by Gasteiger charge is -2.16. The predicted molar refractivity (Wildman–Crippen MR) is 85.3 cm³/mol. The van der Waals surface area contributed by atoms with E-state index in [0.29, 0.717) is 5.69 Å². The molecule has 1 amide bonds. The zero-order valence-electron chi connectivity index (χ0n) is 12.3. The highest BCUT2D eigenvalue weighted by atomic mass is 32.2. The maximum Gasteiger partial charge on any atom is 0.261 e. The van der Waals surface area contributed by atoms with E-state index in [1.165, 1.54) is 12.1 Å². The first-order valence-corrected chi connectivity index (χ1v) is 8.33. The minimum Gasteiger partial charge on any atom is -0.325 e. The highest BCUT2D eigenvalue weighted by molar-refractivity contribution is 7.92. The largest absolute Gasteiger partial charge is 0.325 e. The van der Waals surface area contributed by atoms with Crippen LogP contribution < -0.4 is 10.0 Å². The Balaban J connectivity index is 1.96. The van der Waals surface area contributed by atoms with Gasteiger partial charge in [-0.15, -0.1) is 0 Å². The summed E-state index contributed by atoms with van der Waals surface area (Å²) in [5.41, 5.74) is 1.26. The summed E-state index contributed by atoms with van der Waals surface area (Å²) >= 11 is 0. The zero-order chi connectivity index (χ0) is 16.0. The lowest BCUT2D eigenvalue weighted by atomic mass is 9.86. The SMILES string of the molecule is CC1(C)C(=O)Nc2ccc(NS(=O)(=O)c3ccccc3)cc21. The molecule has 2 aromatic rings. The topological polar surface area (TPSA) is 75.3 Å². The average Bonchev–Trinajstić information content (AvgIpc) is 2.70. The third-order valence-electron chi connectivity index (χ3n) is 3.81. The number of amides is 1. The third-order valence-corrected chi connectivity index (χ3v) is 5.21. The summed E-state index contributed by atoms with van der Waals surface area (Å²) in [5, 5.41) is 2.79. The maximum atomic E-state index is 12.3. The van der Waals surface area contributed by atoms with Crippen LogP contribution >= 0.6 is 0 Å². The Bertz CT molecular complexity index is 843. The van der Waals surface area contributed by atoms with Crippen LogP contribution in [-0.2, 0) is 20.2 Å². The minimum atomic E-state index is -3.64. The van der Waals surface area contributed by atoms with Gasteiger partial charge in [0.2, 0.25) is 5.91 Å². The summed E-state index contributed by atoms with van der Waals surface area (Å²) in [5.74, 6) is -0.0921. The van der Waals surface area contributed by atoms with Crippen LogP contribution in [0.3, 0.4) is 0 Å². The molecule has 2 N–H and O–H groups in total. The zero-order valence-corrected chi connectivity index (χ0v) is 13.1. The Hall–Kier alpha value is -2.34. The van der Waals surface area contributed by atoms with Crippen molar-refractivity contribution in [3.05, 3.63) is 54.1 Å². The quantitative estimate of drug-likeness (QED) is 0.914. The van der Waals surface area contributed by atoms with Crippen LogP contribution in [0.4, 0.5) is 11.4 Å². The van der Waals surface area contributed by atoms with Crippen LogP contribution in [0.5, 0.6) is 0 Å². The first kappa shape index (κ1) is 14.6. The molecule has 1 heterocycles. The van der Waals surface area contributed by atoms with Crippen molar-refractivity contribution in [1.82, 2.24) is 0 Å². The van der Waals surface area contributed by atoms with Crippen molar-refractivity contribution in [2.75, 3.05) is 10.0 Å². The number of benzene rings is 2. The molecule has 22 heavy (non-hydrogen) atoms. The van der Waals surface area contributed by atoms with Gasteiger partial charge >= 0.3 is 0 Å². The number of carbonyl (C=O) groups excluding carboxylic acids is 1. The Kier molecular flexibility index (Phi) is 3.21. The predicted octanol–water partition coefficient (Wildman–Crippen LogP) is 2.72. The first-order valence-electron chi connectivity index (χ1n) is 6.84. The summed E-state index contributed by atoms with van der Waals surface area (Å²) in [7, 11) is -3.64. The van der Waals surface area contributed by atoms with E-state index in [1.807, 2.05) is 13.8 Å². The second kappa shape index (κ2) is 4.84. The Morgan fingerprint density at radius 3 is 2.41 bits per heavy atom. The Morgan fingerprint density at radius 1 is 1.05 bits per heavy atom. The molecule has 0 fully saturated rings. The molecule has 5 nitrogen and oxygen atoms in total. The Labute approximate surface area is 129 Å². The number of anilines is 2. The first-order chi connectivity index (χ1) is 10.3. The number of rotatable bonds is 3. The van der Waals surface area contributed by atoms with Gasteiger partial charge in [0.15, 0.2) is 0 Å². The second-order valence-electron chi connectivity index (χ2n) is 5.76. The number of sulfonamides is 1. The van der Waals surface area contributed by atoms with Gasteiger partial charge in [0.05, 0.1) is 10.3 Å². The summed E-state index contributed by atoms with van der Waals surface area (Å²) in [6.45, 7) is 3.62. The lowest BCUT2D eigenvalue weighted by molar-refractivity contribution is -0.119. The van der Waals surface area contributed by atoms with Gasteiger partial charge in [-0.1, -0.05) is 18.2 Å². The van der Waals surface area contributed by atoms with E-state index in [2.05, 4.69) is 10.0 Å². The van der Waals surface area contributed by atoms with Gasteiger partial charge in [-0.3, -0.25) is 9.52 Å². The molecule has 0 aromatic heterocycles. The number of carbonyl (C=O) groups is 1. The molecule has 114 valence electrons. The molecule has 1 aliphatic heterocycles. The van der Waals surface area contributed by atoms with Crippen LogP contribution in [0.2, 0.25) is 0 Å². The molecule has 0 bridgehead atoms. The summed E-state index contributed by atoms with van der Waals surface area (Å²) in [6.07, 6.45) is 0. The molecule has 0 saturated carbocycles. The van der Waals surface area contributed by atoms with E-state index in [-0.39, 0.29) is 10.8 Å². The standard InChI is InChI=1S/C16H16N2O3S/c1-16(2)13-10-11(8-9-14(13)17-15(16)19)18-22(20,21)12-6-4-3-5-7-12/h3-10,18H,1-2H3,(H,17,19). The number of hydrogen-bond acceptors (Lipinski definition) is 3. The highest BCUT2D eigenvalue weighted by Gasteiger charge is 2.38. The number of hydrogen-bond donors (Lipinski definition) is 2. The maximum absolute atomic E-state index is 12.3. The lowest BCUT2D eigenvalue weighted by Crippen LogP contribution is -2.26. The minimum absolute atomic E-state index is 0.0921. The number of fused-ring (bicyclic) bond motifs is 1. The van der Waals surface area contributed by atoms with Gasteiger partial charge in [0.1, 0.15) is 0 Å². The van der Waals surface area contributed by atoms with Crippen molar-refractivity contribution in [1.29, 1.82) is 0 Å².